The van der Waals surface area contributed by atoms with Gasteiger partial charge in [0.15, 0.2) is 0 Å². The lowest BCUT2D eigenvalue weighted by Crippen LogP contribution is -2.19. The molecule has 0 saturated heterocycles. The van der Waals surface area contributed by atoms with Crippen LogP contribution in [0.2, 0.25) is 10.2 Å². The van der Waals surface area contributed by atoms with Crippen LogP contribution in [-0.4, -0.2) is 10.9 Å². The number of hydrogen-bond acceptors (Lipinski definition) is 1. The molecule has 1 aromatic heterocycles. The molecule has 0 N–H and O–H groups in total. The van der Waals surface area contributed by atoms with Crippen molar-refractivity contribution < 1.29 is 8.78 Å². The Kier molecular flexibility index (Phi) is 4.31. The van der Waals surface area contributed by atoms with Crippen LogP contribution in [0.5, 0.6) is 0 Å². The van der Waals surface area contributed by atoms with Crippen molar-refractivity contribution in [1.82, 2.24) is 4.98 Å². The van der Waals surface area contributed by atoms with E-state index in [0.717, 1.165) is 5.56 Å². The third-order valence-electron chi connectivity index (χ3n) is 3.00. The highest BCUT2D eigenvalue weighted by Crippen LogP contribution is 2.36. The van der Waals surface area contributed by atoms with Gasteiger partial charge in [-0.05, 0) is 19.1 Å². The first kappa shape index (κ1) is 15.2. The summed E-state index contributed by atoms with van der Waals surface area (Å²) in [5.41, 5.74) is 1.76. The second-order valence-electron chi connectivity index (χ2n) is 4.74. The van der Waals surface area contributed by atoms with Crippen LogP contribution in [0.15, 0.2) is 30.9 Å². The molecule has 2 aromatic rings. The summed E-state index contributed by atoms with van der Waals surface area (Å²) in [6.07, 6.45) is 0.208. The maximum Gasteiger partial charge on any atom is 0.255 e. The van der Waals surface area contributed by atoms with Gasteiger partial charge < -0.3 is 0 Å². The van der Waals surface area contributed by atoms with Gasteiger partial charge in [0.2, 0.25) is 0 Å². The summed E-state index contributed by atoms with van der Waals surface area (Å²) in [6, 6.07) is 5.46. The lowest BCUT2D eigenvalue weighted by molar-refractivity contribution is 0.00498. The molecule has 2 rings (SSSR count). The van der Waals surface area contributed by atoms with Gasteiger partial charge in [0.1, 0.15) is 5.15 Å². The molecule has 0 atom stereocenters. The normalized spacial score (nSPS) is 11.8. The Bertz CT molecular complexity index is 668. The first-order valence-electron chi connectivity index (χ1n) is 6.07. The largest absolute Gasteiger partial charge is 0.255 e. The summed E-state index contributed by atoms with van der Waals surface area (Å²) in [5, 5.41) is 0.906. The molecule has 0 aliphatic rings. The van der Waals surface area contributed by atoms with E-state index in [1.54, 1.807) is 6.07 Å². The second kappa shape index (κ2) is 5.66. The quantitative estimate of drug-likeness (QED) is 0.528. The van der Waals surface area contributed by atoms with E-state index in [9.17, 15) is 8.78 Å². The fraction of sp³-hybridized carbons (Fsp3) is 0.267. The van der Waals surface area contributed by atoms with Crippen molar-refractivity contribution in [1.29, 1.82) is 0 Å². The van der Waals surface area contributed by atoms with Gasteiger partial charge in [-0.25, -0.2) is 13.8 Å². The van der Waals surface area contributed by atoms with Crippen molar-refractivity contribution in [2.45, 2.75) is 25.7 Å². The number of alkyl halides is 2. The zero-order valence-electron chi connectivity index (χ0n) is 10.9. The first-order chi connectivity index (χ1) is 9.34. The number of benzene rings is 1. The summed E-state index contributed by atoms with van der Waals surface area (Å²) < 4.78 is 27.5. The summed E-state index contributed by atoms with van der Waals surface area (Å²) in [4.78, 5) is 4.14. The van der Waals surface area contributed by atoms with Crippen molar-refractivity contribution in [2.24, 2.45) is 0 Å². The Labute approximate surface area is 126 Å². The molecule has 1 heterocycles. The highest BCUT2D eigenvalue weighted by Gasteiger charge is 2.30. The molecular weight excluding hydrogens is 303 g/mol. The SMILES string of the molecule is C=CCC(F)(F)Cc1c(Cl)nc2ccc(C)cc2c1Cl. The van der Waals surface area contributed by atoms with Crippen LogP contribution in [-0.2, 0) is 6.42 Å². The fourth-order valence-electron chi connectivity index (χ4n) is 2.04. The van der Waals surface area contributed by atoms with Crippen LogP contribution in [0.25, 0.3) is 10.9 Å². The van der Waals surface area contributed by atoms with E-state index >= 15 is 0 Å². The predicted molar refractivity (Wildman–Crippen MR) is 80.0 cm³/mol. The zero-order chi connectivity index (χ0) is 14.9. The molecule has 0 aliphatic heterocycles. The fourth-order valence-corrected chi connectivity index (χ4v) is 2.65. The molecule has 1 nitrogen and oxygen atoms in total. The molecule has 0 radical (unpaired) electrons. The van der Waals surface area contributed by atoms with Gasteiger partial charge in [-0.2, -0.15) is 0 Å². The Morgan fingerprint density at radius 2 is 2.05 bits per heavy atom. The summed E-state index contributed by atoms with van der Waals surface area (Å²) in [7, 11) is 0. The molecule has 0 spiro atoms. The Balaban J connectivity index is 2.56. The number of rotatable bonds is 4. The van der Waals surface area contributed by atoms with Gasteiger partial charge in [-0.3, -0.25) is 0 Å². The van der Waals surface area contributed by atoms with Crippen LogP contribution < -0.4 is 0 Å². The number of aromatic nitrogens is 1. The third kappa shape index (κ3) is 3.10. The van der Waals surface area contributed by atoms with Crippen molar-refractivity contribution in [3.63, 3.8) is 0 Å². The Hall–Kier alpha value is -1.19. The first-order valence-corrected chi connectivity index (χ1v) is 6.82. The molecular formula is C15H13Cl2F2N. The van der Waals surface area contributed by atoms with E-state index in [1.165, 1.54) is 6.08 Å². The molecule has 5 heteroatoms. The number of hydrogen-bond donors (Lipinski definition) is 0. The minimum atomic E-state index is -2.94. The summed E-state index contributed by atoms with van der Waals surface area (Å²) >= 11 is 12.2. The van der Waals surface area contributed by atoms with Crippen LogP contribution in [0.1, 0.15) is 17.5 Å². The molecule has 0 aliphatic carbocycles. The average Bonchev–Trinajstić information content (AvgIpc) is 2.36. The van der Waals surface area contributed by atoms with Gasteiger partial charge in [0.05, 0.1) is 10.5 Å². The van der Waals surface area contributed by atoms with E-state index in [2.05, 4.69) is 11.6 Å². The van der Waals surface area contributed by atoms with Gasteiger partial charge in [-0.15, -0.1) is 6.58 Å². The molecule has 0 amide bonds. The lowest BCUT2D eigenvalue weighted by atomic mass is 10.0. The number of aryl methyl sites for hydroxylation is 1. The van der Waals surface area contributed by atoms with E-state index in [4.69, 9.17) is 23.2 Å². The van der Waals surface area contributed by atoms with E-state index in [1.807, 2.05) is 19.1 Å². The van der Waals surface area contributed by atoms with Gasteiger partial charge in [0, 0.05) is 23.8 Å². The van der Waals surface area contributed by atoms with Crippen molar-refractivity contribution >= 4 is 34.1 Å². The molecule has 0 saturated carbocycles. The molecule has 0 fully saturated rings. The van der Waals surface area contributed by atoms with E-state index in [0.29, 0.717) is 10.9 Å². The Morgan fingerprint density at radius 3 is 2.70 bits per heavy atom. The summed E-state index contributed by atoms with van der Waals surface area (Å²) in [5.74, 6) is -2.94. The maximum absolute atomic E-state index is 13.7. The van der Waals surface area contributed by atoms with Crippen LogP contribution in [0, 0.1) is 6.92 Å². The van der Waals surface area contributed by atoms with Crippen molar-refractivity contribution in [3.8, 4) is 0 Å². The molecule has 20 heavy (non-hydrogen) atoms. The van der Waals surface area contributed by atoms with Crippen molar-refractivity contribution in [2.75, 3.05) is 0 Å². The highest BCUT2D eigenvalue weighted by atomic mass is 35.5. The molecule has 106 valence electrons. The van der Waals surface area contributed by atoms with Crippen LogP contribution in [0.3, 0.4) is 0 Å². The van der Waals surface area contributed by atoms with Crippen LogP contribution in [0.4, 0.5) is 8.78 Å². The maximum atomic E-state index is 13.7. The number of allylic oxidation sites excluding steroid dienone is 1. The number of nitrogens with zero attached hydrogens (tertiary/aromatic N) is 1. The third-order valence-corrected chi connectivity index (χ3v) is 3.74. The minimum Gasteiger partial charge on any atom is -0.236 e. The van der Waals surface area contributed by atoms with E-state index in [-0.39, 0.29) is 15.7 Å². The molecule has 0 bridgehead atoms. The van der Waals surface area contributed by atoms with Gasteiger partial charge >= 0.3 is 0 Å². The second-order valence-corrected chi connectivity index (χ2v) is 5.48. The summed E-state index contributed by atoms with van der Waals surface area (Å²) in [6.45, 7) is 5.23. The zero-order valence-corrected chi connectivity index (χ0v) is 12.4. The molecule has 1 aromatic carbocycles. The topological polar surface area (TPSA) is 12.9 Å². The monoisotopic (exact) mass is 315 g/mol. The predicted octanol–water partition coefficient (Wildman–Crippen LogP) is 5.60. The smallest absolute Gasteiger partial charge is 0.236 e. The minimum absolute atomic E-state index is 0.0232. The Morgan fingerprint density at radius 1 is 1.35 bits per heavy atom. The van der Waals surface area contributed by atoms with Crippen LogP contribution >= 0.6 is 23.2 Å². The number of halogens is 4. The average molecular weight is 316 g/mol. The number of fused-ring (bicyclic) bond motifs is 1. The van der Waals surface area contributed by atoms with Gasteiger partial charge in [-0.1, -0.05) is 40.9 Å². The number of pyridine rings is 1. The van der Waals surface area contributed by atoms with Gasteiger partial charge in [0.25, 0.3) is 5.92 Å². The highest BCUT2D eigenvalue weighted by molar-refractivity contribution is 6.39. The molecule has 0 unspecified atom stereocenters. The van der Waals surface area contributed by atoms with Crippen molar-refractivity contribution in [3.05, 3.63) is 52.2 Å². The van der Waals surface area contributed by atoms with E-state index < -0.39 is 18.8 Å². The standard InChI is InChI=1S/C15H13Cl2F2N/c1-3-6-15(18,19)8-11-13(16)10-7-9(2)4-5-12(10)20-14(11)17/h3-5,7H,1,6,8H2,2H3. The lowest BCUT2D eigenvalue weighted by Gasteiger charge is -2.17.